The van der Waals surface area contributed by atoms with Crippen LogP contribution in [0.5, 0.6) is 0 Å². The summed E-state index contributed by atoms with van der Waals surface area (Å²) in [4.78, 5) is 22.4. The van der Waals surface area contributed by atoms with Crippen molar-refractivity contribution < 1.29 is 0 Å². The minimum absolute atomic E-state index is 0.0119. The molecule has 0 bridgehead atoms. The van der Waals surface area contributed by atoms with Crippen LogP contribution in [0.2, 0.25) is 0 Å². The molecule has 0 spiro atoms. The molecule has 2 heterocycles. The van der Waals surface area contributed by atoms with Gasteiger partial charge in [0.15, 0.2) is 0 Å². The number of hydrogen-bond donors (Lipinski definition) is 2. The molecule has 0 amide bonds. The summed E-state index contributed by atoms with van der Waals surface area (Å²) in [6, 6.07) is 8.59. The number of aryl methyl sites for hydroxylation is 2. The molecule has 1 aliphatic rings. The van der Waals surface area contributed by atoms with Crippen LogP contribution in [-0.4, -0.2) is 9.97 Å². The van der Waals surface area contributed by atoms with Crippen LogP contribution >= 0.6 is 27.3 Å². The molecule has 1 aliphatic carbocycles. The first-order valence-corrected chi connectivity index (χ1v) is 10.3. The molecule has 0 saturated carbocycles. The minimum atomic E-state index is 0.0119. The van der Waals surface area contributed by atoms with Crippen LogP contribution in [0, 0.1) is 0 Å². The lowest BCUT2D eigenvalue weighted by atomic mass is 10.0. The van der Waals surface area contributed by atoms with Crippen LogP contribution in [0.25, 0.3) is 10.2 Å². The van der Waals surface area contributed by atoms with E-state index < -0.39 is 0 Å². The number of hydrogen-bond acceptors (Lipinski definition) is 4. The van der Waals surface area contributed by atoms with Gasteiger partial charge in [0.1, 0.15) is 10.7 Å². The Morgan fingerprint density at radius 2 is 2.12 bits per heavy atom. The summed E-state index contributed by atoms with van der Waals surface area (Å²) in [5, 5.41) is 4.34. The molecule has 0 radical (unpaired) electrons. The van der Waals surface area contributed by atoms with Crippen molar-refractivity contribution in [1.29, 1.82) is 0 Å². The van der Waals surface area contributed by atoms with E-state index in [4.69, 9.17) is 4.98 Å². The quantitative estimate of drug-likeness (QED) is 0.643. The molecule has 4 nitrogen and oxygen atoms in total. The summed E-state index contributed by atoms with van der Waals surface area (Å²) < 4.78 is 1.08. The molecular formula is C19H20BrN3OS. The van der Waals surface area contributed by atoms with E-state index in [-0.39, 0.29) is 11.6 Å². The normalized spacial score (nSPS) is 14.8. The molecule has 6 heteroatoms. The fourth-order valence-electron chi connectivity index (χ4n) is 3.54. The fraction of sp³-hybridized carbons (Fsp3) is 0.368. The van der Waals surface area contributed by atoms with E-state index in [1.54, 1.807) is 11.3 Å². The second-order valence-corrected chi connectivity index (χ2v) is 8.44. The molecule has 0 unspecified atom stereocenters. The highest BCUT2D eigenvalue weighted by Crippen LogP contribution is 2.34. The predicted octanol–water partition coefficient (Wildman–Crippen LogP) is 4.48. The van der Waals surface area contributed by atoms with E-state index in [1.165, 1.54) is 16.0 Å². The Hall–Kier alpha value is -1.50. The van der Waals surface area contributed by atoms with Gasteiger partial charge in [0.2, 0.25) is 0 Å². The van der Waals surface area contributed by atoms with Gasteiger partial charge in [0.25, 0.3) is 5.56 Å². The number of H-pyrrole nitrogens is 1. The maximum Gasteiger partial charge on any atom is 0.259 e. The average Bonchev–Trinajstić information content (AvgIpc) is 3.17. The maximum absolute atomic E-state index is 12.5. The largest absolute Gasteiger partial charge is 0.309 e. The summed E-state index contributed by atoms with van der Waals surface area (Å²) in [6.45, 7) is 2.71. The molecule has 4 rings (SSSR count). The molecule has 0 aliphatic heterocycles. The zero-order chi connectivity index (χ0) is 17.4. The first kappa shape index (κ1) is 16.9. The first-order chi connectivity index (χ1) is 12.2. The van der Waals surface area contributed by atoms with Crippen molar-refractivity contribution in [2.24, 2.45) is 0 Å². The van der Waals surface area contributed by atoms with Crippen molar-refractivity contribution in [2.75, 3.05) is 0 Å². The molecule has 25 heavy (non-hydrogen) atoms. The Morgan fingerprint density at radius 3 is 2.88 bits per heavy atom. The van der Waals surface area contributed by atoms with Gasteiger partial charge in [-0.15, -0.1) is 11.3 Å². The number of aromatic nitrogens is 2. The molecule has 2 aromatic heterocycles. The van der Waals surface area contributed by atoms with E-state index >= 15 is 0 Å². The minimum Gasteiger partial charge on any atom is -0.309 e. The standard InChI is InChI=1S/C19H20BrN3OS/c1-2-14(11-6-8-12(20)9-7-11)21-10-16-22-18(24)17-13-4-3-5-15(13)25-19(17)23-16/h6-9,14,21H,2-5,10H2,1H3,(H,22,23,24)/t14-/m1/s1. The van der Waals surface area contributed by atoms with Gasteiger partial charge in [0.05, 0.1) is 11.9 Å². The van der Waals surface area contributed by atoms with Crippen molar-refractivity contribution in [3.8, 4) is 0 Å². The monoisotopic (exact) mass is 417 g/mol. The third-order valence-corrected chi connectivity index (χ3v) is 6.53. The number of nitrogens with zero attached hydrogens (tertiary/aromatic N) is 1. The maximum atomic E-state index is 12.5. The highest BCUT2D eigenvalue weighted by atomic mass is 79.9. The van der Waals surface area contributed by atoms with Crippen LogP contribution in [0.3, 0.4) is 0 Å². The highest BCUT2D eigenvalue weighted by Gasteiger charge is 2.21. The van der Waals surface area contributed by atoms with Gasteiger partial charge in [0, 0.05) is 15.4 Å². The summed E-state index contributed by atoms with van der Waals surface area (Å²) in [7, 11) is 0. The number of halogens is 1. The van der Waals surface area contributed by atoms with E-state index in [2.05, 4.69) is 57.4 Å². The molecule has 1 aromatic carbocycles. The lowest BCUT2D eigenvalue weighted by Gasteiger charge is -2.17. The van der Waals surface area contributed by atoms with E-state index in [0.717, 1.165) is 40.4 Å². The number of aromatic amines is 1. The smallest absolute Gasteiger partial charge is 0.259 e. The van der Waals surface area contributed by atoms with Crippen LogP contribution in [0.1, 0.15) is 47.6 Å². The number of thiophene rings is 1. The Balaban J connectivity index is 1.56. The van der Waals surface area contributed by atoms with E-state index in [9.17, 15) is 4.79 Å². The summed E-state index contributed by atoms with van der Waals surface area (Å²) in [5.74, 6) is 0.716. The third kappa shape index (κ3) is 3.30. The predicted molar refractivity (Wildman–Crippen MR) is 106 cm³/mol. The van der Waals surface area contributed by atoms with Gasteiger partial charge >= 0.3 is 0 Å². The number of nitrogens with one attached hydrogen (secondary N) is 2. The number of benzene rings is 1. The zero-order valence-corrected chi connectivity index (χ0v) is 16.5. The van der Waals surface area contributed by atoms with Gasteiger partial charge in [-0.1, -0.05) is 35.0 Å². The van der Waals surface area contributed by atoms with Crippen LogP contribution in [-0.2, 0) is 19.4 Å². The molecule has 130 valence electrons. The van der Waals surface area contributed by atoms with Crippen LogP contribution in [0.4, 0.5) is 0 Å². The van der Waals surface area contributed by atoms with Crippen molar-refractivity contribution in [2.45, 2.75) is 45.2 Å². The van der Waals surface area contributed by atoms with Crippen LogP contribution in [0.15, 0.2) is 33.5 Å². The van der Waals surface area contributed by atoms with Gasteiger partial charge < -0.3 is 10.3 Å². The van der Waals surface area contributed by atoms with Crippen molar-refractivity contribution in [3.05, 3.63) is 60.9 Å². The zero-order valence-electron chi connectivity index (χ0n) is 14.1. The third-order valence-electron chi connectivity index (χ3n) is 4.82. The SMILES string of the molecule is CC[C@@H](NCc1nc2sc3c(c2c(=O)[nH]1)CCC3)c1ccc(Br)cc1. The van der Waals surface area contributed by atoms with Crippen LogP contribution < -0.4 is 10.9 Å². The Bertz CT molecular complexity index is 961. The van der Waals surface area contributed by atoms with Gasteiger partial charge in [-0.3, -0.25) is 4.79 Å². The summed E-state index contributed by atoms with van der Waals surface area (Å²) in [6.07, 6.45) is 4.23. The molecule has 3 aromatic rings. The molecule has 1 atom stereocenters. The van der Waals surface area contributed by atoms with Gasteiger partial charge in [-0.2, -0.15) is 0 Å². The Morgan fingerprint density at radius 1 is 1.32 bits per heavy atom. The number of fused-ring (bicyclic) bond motifs is 3. The Kier molecular flexibility index (Phi) is 4.75. The van der Waals surface area contributed by atoms with Crippen molar-refractivity contribution in [1.82, 2.24) is 15.3 Å². The molecule has 0 saturated heterocycles. The second kappa shape index (κ2) is 7.02. The lowest BCUT2D eigenvalue weighted by molar-refractivity contribution is 0.508. The van der Waals surface area contributed by atoms with Crippen molar-refractivity contribution >= 4 is 37.5 Å². The average molecular weight is 418 g/mol. The van der Waals surface area contributed by atoms with Crippen molar-refractivity contribution in [3.63, 3.8) is 0 Å². The Labute approximate surface area is 158 Å². The summed E-state index contributed by atoms with van der Waals surface area (Å²) >= 11 is 5.16. The van der Waals surface area contributed by atoms with E-state index in [1.807, 2.05) is 0 Å². The second-order valence-electron chi connectivity index (χ2n) is 6.44. The topological polar surface area (TPSA) is 57.8 Å². The molecule has 2 N–H and O–H groups in total. The highest BCUT2D eigenvalue weighted by molar-refractivity contribution is 9.10. The fourth-order valence-corrected chi connectivity index (χ4v) is 5.09. The lowest BCUT2D eigenvalue weighted by Crippen LogP contribution is -2.23. The van der Waals surface area contributed by atoms with Gasteiger partial charge in [-0.05, 0) is 48.9 Å². The summed E-state index contributed by atoms with van der Waals surface area (Å²) in [5.41, 5.74) is 2.48. The number of rotatable bonds is 5. The van der Waals surface area contributed by atoms with E-state index in [0.29, 0.717) is 12.4 Å². The molecular weight excluding hydrogens is 398 g/mol. The van der Waals surface area contributed by atoms with Gasteiger partial charge in [-0.25, -0.2) is 4.98 Å². The molecule has 0 fully saturated rings. The first-order valence-electron chi connectivity index (χ1n) is 8.68.